The first-order valence-corrected chi connectivity index (χ1v) is 8.75. The number of rotatable bonds is 4. The smallest absolute Gasteiger partial charge is 0.223 e. The zero-order chi connectivity index (χ0) is 16.4. The van der Waals surface area contributed by atoms with Gasteiger partial charge in [0.2, 0.25) is 5.95 Å². The summed E-state index contributed by atoms with van der Waals surface area (Å²) >= 11 is 0. The van der Waals surface area contributed by atoms with Crippen molar-refractivity contribution in [3.63, 3.8) is 0 Å². The molecule has 4 rings (SSSR count). The molecule has 2 aromatic heterocycles. The summed E-state index contributed by atoms with van der Waals surface area (Å²) in [5.41, 5.74) is 4.48. The topological polar surface area (TPSA) is 65.6 Å². The normalized spacial score (nSPS) is 18.0. The summed E-state index contributed by atoms with van der Waals surface area (Å²) in [6.45, 7) is 4.23. The molecule has 1 fully saturated rings. The predicted molar refractivity (Wildman–Crippen MR) is 98.2 cm³/mol. The highest BCUT2D eigenvalue weighted by Gasteiger charge is 2.16. The fourth-order valence-corrected chi connectivity index (χ4v) is 3.39. The van der Waals surface area contributed by atoms with Gasteiger partial charge in [0, 0.05) is 41.4 Å². The van der Waals surface area contributed by atoms with Gasteiger partial charge in [-0.05, 0) is 37.4 Å². The van der Waals surface area contributed by atoms with E-state index in [4.69, 9.17) is 4.98 Å². The van der Waals surface area contributed by atoms with Crippen molar-refractivity contribution in [2.75, 3.05) is 18.4 Å². The Hall–Kier alpha value is -2.40. The van der Waals surface area contributed by atoms with Crippen molar-refractivity contribution in [1.29, 1.82) is 0 Å². The lowest BCUT2D eigenvalue weighted by atomic mass is 10.0. The number of hydrogen-bond donors (Lipinski definition) is 3. The maximum atomic E-state index is 4.86. The average molecular weight is 321 g/mol. The predicted octanol–water partition coefficient (Wildman–Crippen LogP) is 3.35. The van der Waals surface area contributed by atoms with Crippen LogP contribution in [-0.4, -0.2) is 34.1 Å². The van der Waals surface area contributed by atoms with Gasteiger partial charge in [0.15, 0.2) is 0 Å². The summed E-state index contributed by atoms with van der Waals surface area (Å²) < 4.78 is 0. The molecule has 0 bridgehead atoms. The molecule has 1 aromatic carbocycles. The third-order valence-corrected chi connectivity index (χ3v) is 4.72. The van der Waals surface area contributed by atoms with Crippen molar-refractivity contribution in [2.45, 2.75) is 32.2 Å². The fourth-order valence-electron chi connectivity index (χ4n) is 3.39. The van der Waals surface area contributed by atoms with Crippen LogP contribution in [0, 0.1) is 0 Å². The second-order valence-corrected chi connectivity index (χ2v) is 6.36. The van der Waals surface area contributed by atoms with Gasteiger partial charge in [0.1, 0.15) is 0 Å². The van der Waals surface area contributed by atoms with Crippen LogP contribution in [0.4, 0.5) is 5.95 Å². The van der Waals surface area contributed by atoms with Gasteiger partial charge in [-0.2, -0.15) is 0 Å². The van der Waals surface area contributed by atoms with Crippen LogP contribution < -0.4 is 10.6 Å². The molecule has 5 heteroatoms. The number of aromatic amines is 1. The number of aryl methyl sites for hydroxylation is 1. The number of para-hydroxylation sites is 1. The lowest BCUT2D eigenvalue weighted by molar-refractivity contribution is 0.478. The summed E-state index contributed by atoms with van der Waals surface area (Å²) in [7, 11) is 0. The second kappa shape index (κ2) is 6.61. The van der Waals surface area contributed by atoms with Crippen LogP contribution in [0.5, 0.6) is 0 Å². The number of fused-ring (bicyclic) bond motifs is 1. The molecule has 3 N–H and O–H groups in total. The Morgan fingerprint density at radius 1 is 1.29 bits per heavy atom. The molecular weight excluding hydrogens is 298 g/mol. The first kappa shape index (κ1) is 15.1. The van der Waals surface area contributed by atoms with Crippen molar-refractivity contribution in [3.05, 3.63) is 42.2 Å². The van der Waals surface area contributed by atoms with Gasteiger partial charge in [0.05, 0.1) is 5.69 Å². The van der Waals surface area contributed by atoms with E-state index in [1.54, 1.807) is 0 Å². The van der Waals surface area contributed by atoms with E-state index in [9.17, 15) is 0 Å². The minimum absolute atomic E-state index is 0.405. The third kappa shape index (κ3) is 2.87. The molecule has 1 atom stereocenters. The SMILES string of the molecule is CCc1cnc(N[C@H]2CCCNC2)nc1-c1c[nH]c2ccccc12. The van der Waals surface area contributed by atoms with Crippen LogP contribution >= 0.6 is 0 Å². The molecule has 3 aromatic rings. The Morgan fingerprint density at radius 2 is 2.21 bits per heavy atom. The number of hydrogen-bond acceptors (Lipinski definition) is 4. The van der Waals surface area contributed by atoms with E-state index in [1.165, 1.54) is 17.4 Å². The van der Waals surface area contributed by atoms with Gasteiger partial charge in [-0.15, -0.1) is 0 Å². The quantitative estimate of drug-likeness (QED) is 0.689. The molecule has 3 heterocycles. The Labute approximate surface area is 141 Å². The van der Waals surface area contributed by atoms with Gasteiger partial charge in [-0.25, -0.2) is 9.97 Å². The standard InChI is InChI=1S/C19H23N5/c1-2-13-10-22-19(23-14-6-5-9-20-11-14)24-18(13)16-12-21-17-8-4-3-7-15(16)17/h3-4,7-8,10,12,14,20-21H,2,5-6,9,11H2,1H3,(H,22,23,24)/t14-/m0/s1. The minimum atomic E-state index is 0.405. The summed E-state index contributed by atoms with van der Waals surface area (Å²) in [6, 6.07) is 8.76. The average Bonchev–Trinajstić information content (AvgIpc) is 3.06. The number of nitrogens with zero attached hydrogens (tertiary/aromatic N) is 2. The highest BCUT2D eigenvalue weighted by atomic mass is 15.1. The van der Waals surface area contributed by atoms with Gasteiger partial charge in [-0.3, -0.25) is 0 Å². The van der Waals surface area contributed by atoms with Crippen molar-refractivity contribution < 1.29 is 0 Å². The number of piperidine rings is 1. The molecule has 24 heavy (non-hydrogen) atoms. The van der Waals surface area contributed by atoms with E-state index in [1.807, 2.05) is 12.3 Å². The van der Waals surface area contributed by atoms with Gasteiger partial charge in [0.25, 0.3) is 0 Å². The van der Waals surface area contributed by atoms with Crippen LogP contribution in [0.2, 0.25) is 0 Å². The van der Waals surface area contributed by atoms with E-state index in [-0.39, 0.29) is 0 Å². The lowest BCUT2D eigenvalue weighted by Crippen LogP contribution is -2.38. The number of benzene rings is 1. The number of aromatic nitrogens is 3. The van der Waals surface area contributed by atoms with Crippen molar-refractivity contribution in [3.8, 4) is 11.3 Å². The van der Waals surface area contributed by atoms with E-state index < -0.39 is 0 Å². The summed E-state index contributed by atoms with van der Waals surface area (Å²) in [5.74, 6) is 0.723. The monoisotopic (exact) mass is 321 g/mol. The van der Waals surface area contributed by atoms with E-state index >= 15 is 0 Å². The molecular formula is C19H23N5. The maximum absolute atomic E-state index is 4.86. The lowest BCUT2D eigenvalue weighted by Gasteiger charge is -2.24. The Balaban J connectivity index is 1.71. The summed E-state index contributed by atoms with van der Waals surface area (Å²) in [6.07, 6.45) is 7.29. The van der Waals surface area contributed by atoms with Crippen LogP contribution in [0.3, 0.4) is 0 Å². The Bertz CT molecular complexity index is 833. The Kier molecular flexibility index (Phi) is 4.17. The molecule has 0 saturated carbocycles. The van der Waals surface area contributed by atoms with Gasteiger partial charge < -0.3 is 15.6 Å². The largest absolute Gasteiger partial charge is 0.360 e. The van der Waals surface area contributed by atoms with Crippen molar-refractivity contribution in [1.82, 2.24) is 20.3 Å². The maximum Gasteiger partial charge on any atom is 0.223 e. The molecule has 0 amide bonds. The Morgan fingerprint density at radius 3 is 3.04 bits per heavy atom. The van der Waals surface area contributed by atoms with Crippen molar-refractivity contribution in [2.24, 2.45) is 0 Å². The zero-order valence-electron chi connectivity index (χ0n) is 14.0. The van der Waals surface area contributed by atoms with Crippen LogP contribution in [0.15, 0.2) is 36.7 Å². The van der Waals surface area contributed by atoms with Crippen LogP contribution in [0.1, 0.15) is 25.3 Å². The molecule has 0 radical (unpaired) electrons. The minimum Gasteiger partial charge on any atom is -0.360 e. The van der Waals surface area contributed by atoms with Crippen LogP contribution in [-0.2, 0) is 6.42 Å². The molecule has 0 unspecified atom stereocenters. The second-order valence-electron chi connectivity index (χ2n) is 6.36. The summed E-state index contributed by atoms with van der Waals surface area (Å²) in [4.78, 5) is 12.7. The molecule has 1 saturated heterocycles. The van der Waals surface area contributed by atoms with Crippen LogP contribution in [0.25, 0.3) is 22.2 Å². The fraction of sp³-hybridized carbons (Fsp3) is 0.368. The molecule has 1 aliphatic rings. The van der Waals surface area contributed by atoms with E-state index in [0.717, 1.165) is 48.7 Å². The third-order valence-electron chi connectivity index (χ3n) is 4.72. The molecule has 0 spiro atoms. The number of anilines is 1. The van der Waals surface area contributed by atoms with Crippen molar-refractivity contribution >= 4 is 16.9 Å². The molecule has 1 aliphatic heterocycles. The molecule has 0 aliphatic carbocycles. The van der Waals surface area contributed by atoms with E-state index in [2.05, 4.69) is 51.9 Å². The number of nitrogens with one attached hydrogen (secondary N) is 3. The highest BCUT2D eigenvalue weighted by Crippen LogP contribution is 2.30. The van der Waals surface area contributed by atoms with E-state index in [0.29, 0.717) is 6.04 Å². The molecule has 124 valence electrons. The highest BCUT2D eigenvalue weighted by molar-refractivity contribution is 5.95. The zero-order valence-corrected chi connectivity index (χ0v) is 14.0. The first-order valence-electron chi connectivity index (χ1n) is 8.75. The molecule has 5 nitrogen and oxygen atoms in total. The number of H-pyrrole nitrogens is 1. The van der Waals surface area contributed by atoms with Gasteiger partial charge in [-0.1, -0.05) is 25.1 Å². The summed E-state index contributed by atoms with van der Waals surface area (Å²) in [5, 5.41) is 8.11. The first-order chi connectivity index (χ1) is 11.8. The van der Waals surface area contributed by atoms with Gasteiger partial charge >= 0.3 is 0 Å².